The Bertz CT molecular complexity index is 530. The predicted molar refractivity (Wildman–Crippen MR) is 66.6 cm³/mol. The number of allylic oxidation sites excluding steroid dienone is 1. The zero-order valence-corrected chi connectivity index (χ0v) is 11.2. The molecule has 1 N–H and O–H groups in total. The topological polar surface area (TPSA) is 65.0 Å². The maximum absolute atomic E-state index is 11.6. The lowest BCUT2D eigenvalue weighted by molar-refractivity contribution is -0.351. The summed E-state index contributed by atoms with van der Waals surface area (Å²) in [5.41, 5.74) is -0.769. The summed E-state index contributed by atoms with van der Waals surface area (Å²) in [6.07, 6.45) is 7.34. The number of carbonyl (C=O) groups is 1. The minimum Gasteiger partial charge on any atom is -0.363 e. The van der Waals surface area contributed by atoms with Crippen molar-refractivity contribution in [1.29, 1.82) is 0 Å². The van der Waals surface area contributed by atoms with E-state index >= 15 is 0 Å². The number of ketones is 1. The SMILES string of the molecule is O=C1C=CC23OC45CCCCC4CC(O)(OC2C1)C3O5. The van der Waals surface area contributed by atoms with Gasteiger partial charge in [0.2, 0.25) is 0 Å². The van der Waals surface area contributed by atoms with E-state index in [1.54, 1.807) is 12.2 Å². The lowest BCUT2D eigenvalue weighted by atomic mass is 9.76. The Kier molecular flexibility index (Phi) is 1.99. The normalized spacial score (nSPS) is 59.5. The molecule has 5 rings (SSSR count). The van der Waals surface area contributed by atoms with Gasteiger partial charge < -0.3 is 19.3 Å². The van der Waals surface area contributed by atoms with Gasteiger partial charge in [0, 0.05) is 25.2 Å². The molecule has 6 unspecified atom stereocenters. The quantitative estimate of drug-likeness (QED) is 0.717. The molecule has 0 aromatic rings. The average molecular weight is 278 g/mol. The van der Waals surface area contributed by atoms with Gasteiger partial charge in [0.1, 0.15) is 17.8 Å². The Hall–Kier alpha value is -0.750. The number of rotatable bonds is 0. The number of hydrogen-bond donors (Lipinski definition) is 1. The fourth-order valence-electron chi connectivity index (χ4n) is 4.89. The van der Waals surface area contributed by atoms with Gasteiger partial charge in [-0.05, 0) is 25.0 Å². The first-order chi connectivity index (χ1) is 9.56. The molecule has 6 atom stereocenters. The summed E-state index contributed by atoms with van der Waals surface area (Å²) in [5, 5.41) is 10.9. The smallest absolute Gasteiger partial charge is 0.196 e. The number of ether oxygens (including phenoxy) is 3. The van der Waals surface area contributed by atoms with Crippen LogP contribution in [0.15, 0.2) is 12.2 Å². The van der Waals surface area contributed by atoms with Gasteiger partial charge in [-0.2, -0.15) is 0 Å². The molecule has 0 aromatic heterocycles. The molecule has 5 heteroatoms. The van der Waals surface area contributed by atoms with Crippen LogP contribution in [0.1, 0.15) is 38.5 Å². The third kappa shape index (κ3) is 1.18. The van der Waals surface area contributed by atoms with Crippen LogP contribution in [0.5, 0.6) is 0 Å². The molecule has 4 fully saturated rings. The summed E-state index contributed by atoms with van der Waals surface area (Å²) >= 11 is 0. The van der Waals surface area contributed by atoms with Crippen LogP contribution in [-0.4, -0.2) is 40.3 Å². The third-order valence-corrected chi connectivity index (χ3v) is 5.74. The van der Waals surface area contributed by atoms with Crippen LogP contribution in [0.4, 0.5) is 0 Å². The molecule has 2 aliphatic carbocycles. The Morgan fingerprint density at radius 1 is 1.30 bits per heavy atom. The molecule has 108 valence electrons. The van der Waals surface area contributed by atoms with Gasteiger partial charge in [0.05, 0.1) is 0 Å². The monoisotopic (exact) mass is 278 g/mol. The van der Waals surface area contributed by atoms with Crippen molar-refractivity contribution in [3.05, 3.63) is 12.2 Å². The summed E-state index contributed by atoms with van der Waals surface area (Å²) in [4.78, 5) is 11.6. The molecule has 1 saturated carbocycles. The number of carbonyl (C=O) groups excluding carboxylic acids is 1. The van der Waals surface area contributed by atoms with Gasteiger partial charge in [-0.15, -0.1) is 0 Å². The van der Waals surface area contributed by atoms with E-state index in [2.05, 4.69) is 0 Å². The second kappa shape index (κ2) is 3.35. The summed E-state index contributed by atoms with van der Waals surface area (Å²) in [6, 6.07) is 0. The zero-order valence-electron chi connectivity index (χ0n) is 11.2. The molecule has 20 heavy (non-hydrogen) atoms. The Morgan fingerprint density at radius 3 is 3.10 bits per heavy atom. The van der Waals surface area contributed by atoms with Gasteiger partial charge in [-0.1, -0.05) is 6.42 Å². The van der Waals surface area contributed by atoms with Crippen LogP contribution in [0.2, 0.25) is 0 Å². The molecule has 5 aliphatic rings. The number of hydrogen-bond acceptors (Lipinski definition) is 5. The minimum absolute atomic E-state index is 0.0222. The van der Waals surface area contributed by atoms with E-state index in [9.17, 15) is 9.90 Å². The van der Waals surface area contributed by atoms with E-state index in [0.717, 1.165) is 25.7 Å². The predicted octanol–water partition coefficient (Wildman–Crippen LogP) is 1.05. The van der Waals surface area contributed by atoms with E-state index in [1.165, 1.54) is 0 Å². The number of aliphatic hydroxyl groups is 1. The molecular formula is C15H18O5. The van der Waals surface area contributed by atoms with E-state index < -0.39 is 29.4 Å². The van der Waals surface area contributed by atoms with E-state index in [1.807, 2.05) is 0 Å². The van der Waals surface area contributed by atoms with E-state index in [4.69, 9.17) is 14.2 Å². The summed E-state index contributed by atoms with van der Waals surface area (Å²) in [7, 11) is 0. The molecule has 3 saturated heterocycles. The fourth-order valence-corrected chi connectivity index (χ4v) is 4.89. The largest absolute Gasteiger partial charge is 0.363 e. The maximum atomic E-state index is 11.6. The van der Waals surface area contributed by atoms with Crippen molar-refractivity contribution in [3.8, 4) is 0 Å². The van der Waals surface area contributed by atoms with Gasteiger partial charge in [-0.25, -0.2) is 0 Å². The molecule has 0 radical (unpaired) electrons. The summed E-state index contributed by atoms with van der Waals surface area (Å²) in [5.74, 6) is -1.67. The van der Waals surface area contributed by atoms with Crippen molar-refractivity contribution in [3.63, 3.8) is 0 Å². The summed E-state index contributed by atoms with van der Waals surface area (Å²) < 4.78 is 18.5. The third-order valence-electron chi connectivity index (χ3n) is 5.74. The first-order valence-electron chi connectivity index (χ1n) is 7.57. The highest BCUT2D eigenvalue weighted by Gasteiger charge is 2.77. The standard InChI is InChI=1S/C15H18O5/c16-10-4-6-13-11(7-10)18-14(17)8-9-3-1-2-5-15(9,20-13)19-12(13)14/h4,6,9,11-12,17H,1-3,5,7-8H2. The average Bonchev–Trinajstić information content (AvgIpc) is 2.82. The van der Waals surface area contributed by atoms with Crippen molar-refractivity contribution in [2.75, 3.05) is 0 Å². The summed E-state index contributed by atoms with van der Waals surface area (Å²) in [6.45, 7) is 0. The molecular weight excluding hydrogens is 260 g/mol. The first-order valence-corrected chi connectivity index (χ1v) is 7.57. The highest BCUT2D eigenvalue weighted by atomic mass is 16.8. The second-order valence-corrected chi connectivity index (χ2v) is 6.87. The molecule has 0 amide bonds. The van der Waals surface area contributed by atoms with Crippen molar-refractivity contribution >= 4 is 5.78 Å². The van der Waals surface area contributed by atoms with Crippen molar-refractivity contribution < 1.29 is 24.1 Å². The van der Waals surface area contributed by atoms with Crippen LogP contribution >= 0.6 is 0 Å². The lowest BCUT2D eigenvalue weighted by Crippen LogP contribution is -2.56. The van der Waals surface area contributed by atoms with Crippen molar-refractivity contribution in [2.24, 2.45) is 5.92 Å². The highest BCUT2D eigenvalue weighted by molar-refractivity contribution is 5.91. The molecule has 5 nitrogen and oxygen atoms in total. The van der Waals surface area contributed by atoms with Crippen LogP contribution < -0.4 is 0 Å². The Morgan fingerprint density at radius 2 is 2.20 bits per heavy atom. The molecule has 3 heterocycles. The Balaban J connectivity index is 1.66. The second-order valence-electron chi connectivity index (χ2n) is 6.87. The molecule has 2 bridgehead atoms. The minimum atomic E-state index is -1.30. The van der Waals surface area contributed by atoms with Crippen LogP contribution in [-0.2, 0) is 19.0 Å². The molecule has 2 spiro atoms. The molecule has 3 aliphatic heterocycles. The van der Waals surface area contributed by atoms with Gasteiger partial charge >= 0.3 is 0 Å². The van der Waals surface area contributed by atoms with Gasteiger partial charge in [0.15, 0.2) is 17.4 Å². The van der Waals surface area contributed by atoms with Crippen molar-refractivity contribution in [1.82, 2.24) is 0 Å². The van der Waals surface area contributed by atoms with Crippen LogP contribution in [0.25, 0.3) is 0 Å². The fraction of sp³-hybridized carbons (Fsp3) is 0.800. The first kappa shape index (κ1) is 11.9. The van der Waals surface area contributed by atoms with Crippen LogP contribution in [0.3, 0.4) is 0 Å². The van der Waals surface area contributed by atoms with Gasteiger partial charge in [-0.3, -0.25) is 4.79 Å². The highest BCUT2D eigenvalue weighted by Crippen LogP contribution is 2.63. The van der Waals surface area contributed by atoms with E-state index in [0.29, 0.717) is 6.42 Å². The molecule has 0 aromatic carbocycles. The zero-order chi connectivity index (χ0) is 13.6. The van der Waals surface area contributed by atoms with Crippen molar-refractivity contribution in [2.45, 2.75) is 67.9 Å². The van der Waals surface area contributed by atoms with Crippen LogP contribution in [0, 0.1) is 5.92 Å². The Labute approximate surface area is 116 Å². The maximum Gasteiger partial charge on any atom is 0.196 e. The van der Waals surface area contributed by atoms with Gasteiger partial charge in [0.25, 0.3) is 0 Å². The van der Waals surface area contributed by atoms with E-state index in [-0.39, 0.29) is 18.1 Å². The lowest BCUT2D eigenvalue weighted by Gasteiger charge is -2.48.